The number of benzene rings is 1. The number of alkyl halides is 3. The van der Waals surface area contributed by atoms with Crippen LogP contribution >= 0.6 is 11.3 Å². The normalized spacial score (nSPS) is 16.5. The predicted octanol–water partition coefficient (Wildman–Crippen LogP) is 4.81. The van der Waals surface area contributed by atoms with E-state index in [4.69, 9.17) is 0 Å². The number of hydrogen-bond donors (Lipinski definition) is 0. The summed E-state index contributed by atoms with van der Waals surface area (Å²) in [5.41, 5.74) is 0.910. The summed E-state index contributed by atoms with van der Waals surface area (Å²) < 4.78 is 38.0. The number of carbonyl (C=O) groups excluding carboxylic acids is 1. The zero-order valence-electron chi connectivity index (χ0n) is 15.4. The molecule has 0 spiro atoms. The van der Waals surface area contributed by atoms with E-state index in [-0.39, 0.29) is 11.9 Å². The van der Waals surface area contributed by atoms with Crippen molar-refractivity contribution < 1.29 is 18.0 Å². The van der Waals surface area contributed by atoms with Crippen LogP contribution in [0.3, 0.4) is 0 Å². The van der Waals surface area contributed by atoms with E-state index in [1.54, 1.807) is 23.3 Å². The van der Waals surface area contributed by atoms with Crippen molar-refractivity contribution in [2.45, 2.75) is 38.5 Å². The lowest BCUT2D eigenvalue weighted by molar-refractivity contribution is -0.137. The summed E-state index contributed by atoms with van der Waals surface area (Å²) >= 11 is 1.75. The maximum Gasteiger partial charge on any atom is 0.416 e. The molecule has 1 aliphatic heterocycles. The fourth-order valence-corrected chi connectivity index (χ4v) is 4.17. The van der Waals surface area contributed by atoms with Gasteiger partial charge in [-0.2, -0.15) is 13.2 Å². The average molecular weight is 396 g/mol. The highest BCUT2D eigenvalue weighted by molar-refractivity contribution is 7.10. The minimum Gasteiger partial charge on any atom is -0.339 e. The van der Waals surface area contributed by atoms with Gasteiger partial charge in [-0.1, -0.05) is 0 Å². The second-order valence-corrected chi connectivity index (χ2v) is 8.12. The van der Waals surface area contributed by atoms with Crippen LogP contribution in [0, 0.1) is 6.92 Å². The number of rotatable bonds is 4. The van der Waals surface area contributed by atoms with Crippen LogP contribution in [-0.4, -0.2) is 41.9 Å². The topological polar surface area (TPSA) is 23.6 Å². The molecule has 2 heterocycles. The summed E-state index contributed by atoms with van der Waals surface area (Å²) in [5, 5.41) is 2.11. The van der Waals surface area contributed by atoms with Crippen LogP contribution in [0.15, 0.2) is 35.7 Å². The fraction of sp³-hybridized carbons (Fsp3) is 0.450. The Morgan fingerprint density at radius 3 is 2.33 bits per heavy atom. The highest BCUT2D eigenvalue weighted by atomic mass is 32.1. The van der Waals surface area contributed by atoms with Gasteiger partial charge in [0.25, 0.3) is 5.91 Å². The monoisotopic (exact) mass is 396 g/mol. The van der Waals surface area contributed by atoms with E-state index in [1.807, 2.05) is 0 Å². The molecule has 0 unspecified atom stereocenters. The maximum atomic E-state index is 12.7. The lowest BCUT2D eigenvalue weighted by Gasteiger charge is -2.36. The van der Waals surface area contributed by atoms with E-state index in [0.29, 0.717) is 5.56 Å². The van der Waals surface area contributed by atoms with Gasteiger partial charge in [0.2, 0.25) is 0 Å². The van der Waals surface area contributed by atoms with Crippen LogP contribution in [0.25, 0.3) is 0 Å². The van der Waals surface area contributed by atoms with Crippen LogP contribution in [0.4, 0.5) is 13.2 Å². The summed E-state index contributed by atoms with van der Waals surface area (Å²) in [7, 11) is 1.74. The van der Waals surface area contributed by atoms with Gasteiger partial charge in [-0.25, -0.2) is 0 Å². The summed E-state index contributed by atoms with van der Waals surface area (Å²) in [6, 6.07) is 6.72. The van der Waals surface area contributed by atoms with Gasteiger partial charge >= 0.3 is 6.18 Å². The van der Waals surface area contributed by atoms with Gasteiger partial charge in [-0.15, -0.1) is 11.3 Å². The van der Waals surface area contributed by atoms with E-state index in [9.17, 15) is 18.0 Å². The van der Waals surface area contributed by atoms with Crippen molar-refractivity contribution in [2.75, 3.05) is 20.1 Å². The Labute approximate surface area is 161 Å². The Morgan fingerprint density at radius 1 is 1.19 bits per heavy atom. The molecule has 1 fully saturated rings. The summed E-state index contributed by atoms with van der Waals surface area (Å²) in [6.07, 6.45) is -2.65. The quantitative estimate of drug-likeness (QED) is 0.740. The molecule has 0 atom stereocenters. The van der Waals surface area contributed by atoms with Crippen LogP contribution in [0.1, 0.15) is 39.2 Å². The molecule has 27 heavy (non-hydrogen) atoms. The second kappa shape index (κ2) is 8.02. The van der Waals surface area contributed by atoms with Crippen LogP contribution < -0.4 is 0 Å². The van der Waals surface area contributed by atoms with Crippen LogP contribution in [-0.2, 0) is 12.7 Å². The Balaban J connectivity index is 1.56. The second-order valence-electron chi connectivity index (χ2n) is 7.00. The number of carbonyl (C=O) groups is 1. The number of hydrogen-bond acceptors (Lipinski definition) is 3. The van der Waals surface area contributed by atoms with Crippen molar-refractivity contribution in [3.05, 3.63) is 57.3 Å². The molecule has 0 aliphatic carbocycles. The van der Waals surface area contributed by atoms with Gasteiger partial charge < -0.3 is 4.90 Å². The molecule has 1 amide bonds. The third-order valence-corrected chi connectivity index (χ3v) is 6.13. The van der Waals surface area contributed by atoms with E-state index < -0.39 is 11.7 Å². The molecule has 7 heteroatoms. The third kappa shape index (κ3) is 4.71. The third-order valence-electron chi connectivity index (χ3n) is 5.24. The van der Waals surface area contributed by atoms with Gasteiger partial charge in [0.05, 0.1) is 5.56 Å². The van der Waals surface area contributed by atoms with Crippen molar-refractivity contribution in [1.82, 2.24) is 9.80 Å². The lowest BCUT2D eigenvalue weighted by atomic mass is 10.0. The molecule has 3 rings (SSSR count). The Morgan fingerprint density at radius 2 is 1.81 bits per heavy atom. The molecule has 1 aliphatic rings. The molecule has 1 aromatic heterocycles. The van der Waals surface area contributed by atoms with E-state index in [0.717, 1.165) is 44.6 Å². The first-order chi connectivity index (χ1) is 12.8. The number of aryl methyl sites for hydroxylation is 1. The van der Waals surface area contributed by atoms with Crippen molar-refractivity contribution >= 4 is 17.2 Å². The standard InChI is InChI=1S/C20H23F3N2OS/c1-14-16(9-12-27-14)13-25-10-7-18(8-11-25)24(2)19(26)15-3-5-17(6-4-15)20(21,22)23/h3-6,9,12,18H,7-8,10-11,13H2,1-2H3. The molecule has 0 saturated carbocycles. The number of halogens is 3. The molecular weight excluding hydrogens is 373 g/mol. The minimum absolute atomic E-state index is 0.111. The van der Waals surface area contributed by atoms with Gasteiger partial charge in [0.1, 0.15) is 0 Å². The molecule has 0 N–H and O–H groups in total. The molecule has 146 valence electrons. The Kier molecular flexibility index (Phi) is 5.91. The summed E-state index contributed by atoms with van der Waals surface area (Å²) in [5.74, 6) is -0.226. The smallest absolute Gasteiger partial charge is 0.339 e. The van der Waals surface area contributed by atoms with E-state index in [2.05, 4.69) is 23.3 Å². The van der Waals surface area contributed by atoms with E-state index >= 15 is 0 Å². The zero-order chi connectivity index (χ0) is 19.6. The fourth-order valence-electron chi connectivity index (χ4n) is 3.45. The predicted molar refractivity (Wildman–Crippen MR) is 101 cm³/mol. The summed E-state index contributed by atoms with van der Waals surface area (Å²) in [4.78, 5) is 18.0. The molecule has 0 radical (unpaired) electrons. The van der Waals surface area contributed by atoms with Gasteiger partial charge in [-0.05, 0) is 61.0 Å². The SMILES string of the molecule is Cc1sccc1CN1CCC(N(C)C(=O)c2ccc(C(F)(F)F)cc2)CC1. The molecule has 3 nitrogen and oxygen atoms in total. The number of piperidine rings is 1. The number of thiophene rings is 1. The van der Waals surface area contributed by atoms with Crippen molar-refractivity contribution in [2.24, 2.45) is 0 Å². The maximum absolute atomic E-state index is 12.7. The van der Waals surface area contributed by atoms with Gasteiger partial charge in [0, 0.05) is 43.2 Å². The first-order valence-electron chi connectivity index (χ1n) is 8.95. The molecular formula is C20H23F3N2OS. The van der Waals surface area contributed by atoms with Crippen LogP contribution in [0.2, 0.25) is 0 Å². The largest absolute Gasteiger partial charge is 0.416 e. The highest BCUT2D eigenvalue weighted by Gasteiger charge is 2.31. The summed E-state index contributed by atoms with van der Waals surface area (Å²) in [6.45, 7) is 4.87. The number of amides is 1. The van der Waals surface area contributed by atoms with Crippen LogP contribution in [0.5, 0.6) is 0 Å². The van der Waals surface area contributed by atoms with Crippen molar-refractivity contribution in [3.63, 3.8) is 0 Å². The Bertz CT molecular complexity index is 777. The number of likely N-dealkylation sites (tertiary alicyclic amines) is 1. The lowest BCUT2D eigenvalue weighted by Crippen LogP contribution is -2.45. The van der Waals surface area contributed by atoms with Crippen molar-refractivity contribution in [3.8, 4) is 0 Å². The number of nitrogens with zero attached hydrogens (tertiary/aromatic N) is 2. The Hall–Kier alpha value is -1.86. The first-order valence-corrected chi connectivity index (χ1v) is 9.83. The molecule has 2 aromatic rings. The average Bonchev–Trinajstić information content (AvgIpc) is 3.05. The highest BCUT2D eigenvalue weighted by Crippen LogP contribution is 2.29. The zero-order valence-corrected chi connectivity index (χ0v) is 16.2. The van der Waals surface area contributed by atoms with Gasteiger partial charge in [0.15, 0.2) is 0 Å². The first kappa shape index (κ1) is 19.9. The molecule has 1 saturated heterocycles. The minimum atomic E-state index is -4.39. The van der Waals surface area contributed by atoms with Crippen molar-refractivity contribution in [1.29, 1.82) is 0 Å². The molecule has 1 aromatic carbocycles. The van der Waals surface area contributed by atoms with Gasteiger partial charge in [-0.3, -0.25) is 9.69 Å². The van der Waals surface area contributed by atoms with E-state index in [1.165, 1.54) is 22.6 Å². The molecule has 0 bridgehead atoms.